The van der Waals surface area contributed by atoms with E-state index in [2.05, 4.69) is 14.9 Å². The lowest BCUT2D eigenvalue weighted by atomic mass is 9.66. The first-order valence-corrected chi connectivity index (χ1v) is 9.03. The highest BCUT2D eigenvalue weighted by Gasteiger charge is 2.44. The van der Waals surface area contributed by atoms with Crippen molar-refractivity contribution in [3.8, 4) is 5.88 Å². The Kier molecular flexibility index (Phi) is 4.49. The summed E-state index contributed by atoms with van der Waals surface area (Å²) in [7, 11) is 0. The normalized spacial score (nSPS) is 27.9. The van der Waals surface area contributed by atoms with Gasteiger partial charge in [-0.05, 0) is 56.5 Å². The maximum absolute atomic E-state index is 5.91. The minimum absolute atomic E-state index is 0.403. The SMILES string of the molecule is c1cnc(OCC2COCCC23CCN(CC2CC2)CC3)cn1. The number of hydrogen-bond donors (Lipinski definition) is 0. The zero-order chi connectivity index (χ0) is 15.5. The molecule has 126 valence electrons. The molecule has 1 saturated carbocycles. The molecule has 4 rings (SSSR count). The van der Waals surface area contributed by atoms with Gasteiger partial charge < -0.3 is 14.4 Å². The average molecular weight is 317 g/mol. The Morgan fingerprint density at radius 2 is 2.09 bits per heavy atom. The molecule has 5 heteroatoms. The molecule has 0 amide bonds. The minimum Gasteiger partial charge on any atom is -0.476 e. The average Bonchev–Trinajstić information content (AvgIpc) is 3.41. The Hall–Kier alpha value is -1.20. The Labute approximate surface area is 138 Å². The monoisotopic (exact) mass is 317 g/mol. The topological polar surface area (TPSA) is 47.5 Å². The van der Waals surface area contributed by atoms with Gasteiger partial charge in [0.1, 0.15) is 0 Å². The van der Waals surface area contributed by atoms with Crippen molar-refractivity contribution < 1.29 is 9.47 Å². The number of likely N-dealkylation sites (tertiary alicyclic amines) is 1. The highest BCUT2D eigenvalue weighted by Crippen LogP contribution is 2.45. The molecule has 2 aliphatic heterocycles. The van der Waals surface area contributed by atoms with Crippen LogP contribution in [0.5, 0.6) is 5.88 Å². The van der Waals surface area contributed by atoms with E-state index >= 15 is 0 Å². The molecule has 3 fully saturated rings. The van der Waals surface area contributed by atoms with Crippen LogP contribution in [0.15, 0.2) is 18.6 Å². The molecule has 0 N–H and O–H groups in total. The lowest BCUT2D eigenvalue weighted by Gasteiger charge is -2.49. The lowest BCUT2D eigenvalue weighted by molar-refractivity contribution is -0.0862. The van der Waals surface area contributed by atoms with E-state index in [9.17, 15) is 0 Å². The van der Waals surface area contributed by atoms with Gasteiger partial charge in [-0.3, -0.25) is 4.98 Å². The van der Waals surface area contributed by atoms with E-state index in [1.165, 1.54) is 51.7 Å². The second-order valence-electron chi connectivity index (χ2n) is 7.48. The summed E-state index contributed by atoms with van der Waals surface area (Å²) in [6.45, 7) is 6.25. The maximum Gasteiger partial charge on any atom is 0.232 e. The molecule has 1 aliphatic carbocycles. The smallest absolute Gasteiger partial charge is 0.232 e. The lowest BCUT2D eigenvalue weighted by Crippen LogP contribution is -2.50. The summed E-state index contributed by atoms with van der Waals surface area (Å²) < 4.78 is 11.7. The number of rotatable bonds is 5. The third-order valence-electron chi connectivity index (χ3n) is 5.97. The fourth-order valence-corrected chi connectivity index (χ4v) is 4.16. The van der Waals surface area contributed by atoms with Gasteiger partial charge in [-0.2, -0.15) is 0 Å². The molecule has 1 aromatic rings. The summed E-state index contributed by atoms with van der Waals surface area (Å²) >= 11 is 0. The molecule has 23 heavy (non-hydrogen) atoms. The van der Waals surface area contributed by atoms with Crippen LogP contribution in [0.4, 0.5) is 0 Å². The fraction of sp³-hybridized carbons (Fsp3) is 0.778. The summed E-state index contributed by atoms with van der Waals surface area (Å²) in [6, 6.07) is 0. The Bertz CT molecular complexity index is 498. The van der Waals surface area contributed by atoms with E-state index in [-0.39, 0.29) is 0 Å². The van der Waals surface area contributed by atoms with Crippen molar-refractivity contribution in [3.05, 3.63) is 18.6 Å². The molecule has 1 aromatic heterocycles. The van der Waals surface area contributed by atoms with Crippen LogP contribution >= 0.6 is 0 Å². The first kappa shape index (κ1) is 15.3. The van der Waals surface area contributed by atoms with E-state index in [0.29, 0.717) is 23.8 Å². The molecule has 0 aromatic carbocycles. The zero-order valence-electron chi connectivity index (χ0n) is 13.8. The molecule has 1 unspecified atom stereocenters. The predicted octanol–water partition coefficient (Wildman–Crippen LogP) is 2.38. The van der Waals surface area contributed by atoms with Crippen LogP contribution in [-0.4, -0.2) is 54.3 Å². The van der Waals surface area contributed by atoms with Gasteiger partial charge in [0.25, 0.3) is 0 Å². The van der Waals surface area contributed by atoms with Crippen molar-refractivity contribution >= 4 is 0 Å². The molecule has 5 nitrogen and oxygen atoms in total. The van der Waals surface area contributed by atoms with E-state index < -0.39 is 0 Å². The molecule has 2 saturated heterocycles. The molecule has 3 heterocycles. The van der Waals surface area contributed by atoms with Crippen LogP contribution < -0.4 is 4.74 Å². The molecule has 0 radical (unpaired) electrons. The first-order valence-electron chi connectivity index (χ1n) is 9.03. The number of nitrogens with zero attached hydrogens (tertiary/aromatic N) is 3. The predicted molar refractivity (Wildman–Crippen MR) is 87.3 cm³/mol. The second kappa shape index (κ2) is 6.73. The van der Waals surface area contributed by atoms with Crippen LogP contribution in [0.1, 0.15) is 32.1 Å². The van der Waals surface area contributed by atoms with Gasteiger partial charge >= 0.3 is 0 Å². The Morgan fingerprint density at radius 3 is 2.83 bits per heavy atom. The molecular formula is C18H27N3O2. The summed E-state index contributed by atoms with van der Waals surface area (Å²) in [6.07, 6.45) is 11.7. The van der Waals surface area contributed by atoms with Crippen LogP contribution in [-0.2, 0) is 4.74 Å². The van der Waals surface area contributed by atoms with Crippen LogP contribution in [0.3, 0.4) is 0 Å². The third-order valence-corrected chi connectivity index (χ3v) is 5.97. The Morgan fingerprint density at radius 1 is 1.22 bits per heavy atom. The quantitative estimate of drug-likeness (QED) is 0.834. The number of ether oxygens (including phenoxy) is 2. The first-order chi connectivity index (χ1) is 11.3. The molecule has 0 bridgehead atoms. The largest absolute Gasteiger partial charge is 0.476 e. The van der Waals surface area contributed by atoms with E-state index in [1.54, 1.807) is 18.6 Å². The number of piperidine rings is 1. The van der Waals surface area contributed by atoms with Crippen molar-refractivity contribution in [3.63, 3.8) is 0 Å². The van der Waals surface area contributed by atoms with Crippen molar-refractivity contribution in [2.24, 2.45) is 17.3 Å². The van der Waals surface area contributed by atoms with Gasteiger partial charge in [0.2, 0.25) is 5.88 Å². The summed E-state index contributed by atoms with van der Waals surface area (Å²) in [5.41, 5.74) is 0.403. The van der Waals surface area contributed by atoms with Gasteiger partial charge in [0, 0.05) is 31.5 Å². The van der Waals surface area contributed by atoms with Crippen molar-refractivity contribution in [1.29, 1.82) is 0 Å². The highest BCUT2D eigenvalue weighted by molar-refractivity contribution is 5.02. The van der Waals surface area contributed by atoms with Crippen LogP contribution in [0, 0.1) is 17.3 Å². The van der Waals surface area contributed by atoms with Crippen molar-refractivity contribution in [2.75, 3.05) is 39.5 Å². The van der Waals surface area contributed by atoms with Gasteiger partial charge in [-0.15, -0.1) is 0 Å². The summed E-state index contributed by atoms with van der Waals surface area (Å²) in [4.78, 5) is 11.0. The van der Waals surface area contributed by atoms with E-state index in [4.69, 9.17) is 9.47 Å². The van der Waals surface area contributed by atoms with E-state index in [0.717, 1.165) is 19.1 Å². The van der Waals surface area contributed by atoms with Crippen LogP contribution in [0.25, 0.3) is 0 Å². The standard InChI is InChI=1S/C18H27N3O2/c1-2-15(1)12-21-8-3-18(4-9-21)5-10-22-13-16(18)14-23-17-11-19-6-7-20-17/h6-7,11,15-16H,1-5,8-10,12-14H2. The summed E-state index contributed by atoms with van der Waals surface area (Å²) in [5, 5.41) is 0. The Balaban J connectivity index is 1.35. The number of aromatic nitrogens is 2. The molecule has 1 atom stereocenters. The van der Waals surface area contributed by atoms with Gasteiger partial charge in [-0.1, -0.05) is 0 Å². The summed E-state index contributed by atoms with van der Waals surface area (Å²) in [5.74, 6) is 2.09. The number of hydrogen-bond acceptors (Lipinski definition) is 5. The van der Waals surface area contributed by atoms with E-state index in [1.807, 2.05) is 0 Å². The zero-order valence-corrected chi connectivity index (χ0v) is 13.8. The van der Waals surface area contributed by atoms with Crippen molar-refractivity contribution in [2.45, 2.75) is 32.1 Å². The third kappa shape index (κ3) is 3.66. The van der Waals surface area contributed by atoms with Crippen LogP contribution in [0.2, 0.25) is 0 Å². The van der Waals surface area contributed by atoms with Gasteiger partial charge in [-0.25, -0.2) is 4.98 Å². The van der Waals surface area contributed by atoms with Gasteiger partial charge in [0.05, 0.1) is 19.4 Å². The highest BCUT2D eigenvalue weighted by atomic mass is 16.5. The maximum atomic E-state index is 5.91. The second-order valence-corrected chi connectivity index (χ2v) is 7.48. The molecule has 3 aliphatic rings. The fourth-order valence-electron chi connectivity index (χ4n) is 4.16. The minimum atomic E-state index is 0.403. The molecular weight excluding hydrogens is 290 g/mol. The van der Waals surface area contributed by atoms with Crippen molar-refractivity contribution in [1.82, 2.24) is 14.9 Å². The molecule has 1 spiro atoms. The van der Waals surface area contributed by atoms with Gasteiger partial charge in [0.15, 0.2) is 0 Å².